The normalized spacial score (nSPS) is 10.8. The highest BCUT2D eigenvalue weighted by Crippen LogP contribution is 2.20. The average molecular weight is 281 g/mol. The number of benzene rings is 2. The van der Waals surface area contributed by atoms with E-state index in [9.17, 15) is 14.3 Å². The Balaban J connectivity index is 2.04. The lowest BCUT2D eigenvalue weighted by atomic mass is 10.1. The van der Waals surface area contributed by atoms with Gasteiger partial charge < -0.3 is 5.11 Å². The lowest BCUT2D eigenvalue weighted by Gasteiger charge is -2.04. The number of hydrogen-bond donors (Lipinski definition) is 1. The van der Waals surface area contributed by atoms with Crippen molar-refractivity contribution in [3.63, 3.8) is 0 Å². The standard InChI is InChI=1S/C17H12FNO2/c1-10-2-6-14-11(8-10)4-7-15(19-14)17(21)12-3-5-13(18)16(20)9-12/h2-9,20H,1H3. The minimum atomic E-state index is -0.756. The van der Waals surface area contributed by atoms with Gasteiger partial charge in [-0.25, -0.2) is 9.37 Å². The minimum absolute atomic E-state index is 0.202. The van der Waals surface area contributed by atoms with Crippen LogP contribution in [0, 0.1) is 12.7 Å². The summed E-state index contributed by atoms with van der Waals surface area (Å²) in [4.78, 5) is 16.6. The Morgan fingerprint density at radius 2 is 1.90 bits per heavy atom. The van der Waals surface area contributed by atoms with Gasteiger partial charge in [-0.1, -0.05) is 17.7 Å². The summed E-state index contributed by atoms with van der Waals surface area (Å²) in [6.07, 6.45) is 0. The van der Waals surface area contributed by atoms with Gasteiger partial charge in [0.15, 0.2) is 11.6 Å². The number of phenolic OH excluding ortho intramolecular Hbond substituents is 1. The van der Waals surface area contributed by atoms with Crippen molar-refractivity contribution in [2.45, 2.75) is 6.92 Å². The molecule has 3 rings (SSSR count). The number of ketones is 1. The highest BCUT2D eigenvalue weighted by atomic mass is 19.1. The number of rotatable bonds is 2. The highest BCUT2D eigenvalue weighted by molar-refractivity contribution is 6.08. The number of aromatic nitrogens is 1. The van der Waals surface area contributed by atoms with E-state index in [1.807, 2.05) is 31.2 Å². The molecule has 0 radical (unpaired) electrons. The highest BCUT2D eigenvalue weighted by Gasteiger charge is 2.13. The average Bonchev–Trinajstić information content (AvgIpc) is 2.49. The van der Waals surface area contributed by atoms with Crippen LogP contribution in [-0.2, 0) is 0 Å². The van der Waals surface area contributed by atoms with Gasteiger partial charge in [0.1, 0.15) is 5.69 Å². The Morgan fingerprint density at radius 1 is 1.10 bits per heavy atom. The van der Waals surface area contributed by atoms with E-state index in [1.165, 1.54) is 6.07 Å². The third-order valence-electron chi connectivity index (χ3n) is 3.29. The molecule has 0 aliphatic rings. The molecular weight excluding hydrogens is 269 g/mol. The van der Waals surface area contributed by atoms with Crippen molar-refractivity contribution in [2.75, 3.05) is 0 Å². The molecule has 3 nitrogen and oxygen atoms in total. The molecule has 0 unspecified atom stereocenters. The third kappa shape index (κ3) is 2.48. The third-order valence-corrected chi connectivity index (χ3v) is 3.29. The Bertz CT molecular complexity index is 859. The second kappa shape index (κ2) is 4.98. The van der Waals surface area contributed by atoms with Crippen LogP contribution in [0.4, 0.5) is 4.39 Å². The van der Waals surface area contributed by atoms with Gasteiger partial charge in [-0.05, 0) is 43.3 Å². The maximum absolute atomic E-state index is 13.0. The quantitative estimate of drug-likeness (QED) is 0.730. The largest absolute Gasteiger partial charge is 0.505 e. The molecule has 0 atom stereocenters. The van der Waals surface area contributed by atoms with Gasteiger partial charge in [0.05, 0.1) is 5.52 Å². The van der Waals surface area contributed by atoms with E-state index < -0.39 is 11.6 Å². The number of fused-ring (bicyclic) bond motifs is 1. The summed E-state index contributed by atoms with van der Waals surface area (Å²) in [5.74, 6) is -1.65. The summed E-state index contributed by atoms with van der Waals surface area (Å²) in [7, 11) is 0. The first kappa shape index (κ1) is 13.2. The summed E-state index contributed by atoms with van der Waals surface area (Å²) >= 11 is 0. The van der Waals surface area contributed by atoms with E-state index in [0.717, 1.165) is 28.6 Å². The maximum Gasteiger partial charge on any atom is 0.211 e. The van der Waals surface area contributed by atoms with E-state index in [1.54, 1.807) is 6.07 Å². The van der Waals surface area contributed by atoms with E-state index in [4.69, 9.17) is 0 Å². The van der Waals surface area contributed by atoms with Crippen molar-refractivity contribution in [2.24, 2.45) is 0 Å². The van der Waals surface area contributed by atoms with Crippen LogP contribution >= 0.6 is 0 Å². The molecule has 0 saturated carbocycles. The van der Waals surface area contributed by atoms with Crippen LogP contribution in [0.2, 0.25) is 0 Å². The van der Waals surface area contributed by atoms with Crippen LogP contribution in [0.25, 0.3) is 10.9 Å². The van der Waals surface area contributed by atoms with E-state index in [-0.39, 0.29) is 17.0 Å². The number of hydrogen-bond acceptors (Lipinski definition) is 3. The van der Waals surface area contributed by atoms with Crippen LogP contribution in [-0.4, -0.2) is 15.9 Å². The summed E-state index contributed by atoms with van der Waals surface area (Å²) in [6, 6.07) is 12.7. The van der Waals surface area contributed by atoms with Crippen LogP contribution in [0.3, 0.4) is 0 Å². The first-order valence-electron chi connectivity index (χ1n) is 6.45. The number of aryl methyl sites for hydroxylation is 1. The molecule has 104 valence electrons. The summed E-state index contributed by atoms with van der Waals surface area (Å²) in [5.41, 5.74) is 2.30. The molecule has 0 aliphatic carbocycles. The number of carbonyl (C=O) groups is 1. The molecule has 2 aromatic carbocycles. The number of pyridine rings is 1. The lowest BCUT2D eigenvalue weighted by molar-refractivity contribution is 0.103. The monoisotopic (exact) mass is 281 g/mol. The van der Waals surface area contributed by atoms with E-state index in [0.29, 0.717) is 0 Å². The predicted octanol–water partition coefficient (Wildman–Crippen LogP) is 3.62. The van der Waals surface area contributed by atoms with Crippen molar-refractivity contribution in [1.82, 2.24) is 4.98 Å². The van der Waals surface area contributed by atoms with Crippen molar-refractivity contribution >= 4 is 16.7 Å². The van der Waals surface area contributed by atoms with E-state index >= 15 is 0 Å². The fraction of sp³-hybridized carbons (Fsp3) is 0.0588. The van der Waals surface area contributed by atoms with Gasteiger partial charge in [0, 0.05) is 10.9 Å². The predicted molar refractivity (Wildman–Crippen MR) is 78.0 cm³/mol. The second-order valence-corrected chi connectivity index (χ2v) is 4.89. The zero-order valence-electron chi connectivity index (χ0n) is 11.3. The Labute approximate surface area is 120 Å². The zero-order chi connectivity index (χ0) is 15.0. The number of phenols is 1. The van der Waals surface area contributed by atoms with Gasteiger partial charge in [-0.3, -0.25) is 4.79 Å². The molecular formula is C17H12FNO2. The van der Waals surface area contributed by atoms with Crippen molar-refractivity contribution < 1.29 is 14.3 Å². The molecule has 1 heterocycles. The Hall–Kier alpha value is -2.75. The topological polar surface area (TPSA) is 50.2 Å². The van der Waals surface area contributed by atoms with E-state index in [2.05, 4.69) is 4.98 Å². The summed E-state index contributed by atoms with van der Waals surface area (Å²) in [5, 5.41) is 10.3. The van der Waals surface area contributed by atoms with Crippen LogP contribution in [0.15, 0.2) is 48.5 Å². The molecule has 0 saturated heterocycles. The lowest BCUT2D eigenvalue weighted by Crippen LogP contribution is -2.04. The maximum atomic E-state index is 13.0. The number of aromatic hydroxyl groups is 1. The van der Waals surface area contributed by atoms with Crippen molar-refractivity contribution in [3.05, 3.63) is 71.2 Å². The molecule has 0 aliphatic heterocycles. The molecule has 0 spiro atoms. The number of nitrogens with zero attached hydrogens (tertiary/aromatic N) is 1. The minimum Gasteiger partial charge on any atom is -0.505 e. The number of carbonyl (C=O) groups excluding carboxylic acids is 1. The smallest absolute Gasteiger partial charge is 0.211 e. The Kier molecular flexibility index (Phi) is 3.14. The van der Waals surface area contributed by atoms with Crippen molar-refractivity contribution in [3.8, 4) is 5.75 Å². The summed E-state index contributed by atoms with van der Waals surface area (Å²) in [6.45, 7) is 1.99. The van der Waals surface area contributed by atoms with Gasteiger partial charge in [0.25, 0.3) is 0 Å². The van der Waals surface area contributed by atoms with Gasteiger partial charge in [0.2, 0.25) is 5.78 Å². The zero-order valence-corrected chi connectivity index (χ0v) is 11.3. The fourth-order valence-electron chi connectivity index (χ4n) is 2.17. The molecule has 4 heteroatoms. The molecule has 1 aromatic heterocycles. The molecule has 0 fully saturated rings. The van der Waals surface area contributed by atoms with Gasteiger partial charge in [-0.2, -0.15) is 0 Å². The van der Waals surface area contributed by atoms with Crippen LogP contribution < -0.4 is 0 Å². The van der Waals surface area contributed by atoms with Gasteiger partial charge >= 0.3 is 0 Å². The summed E-state index contributed by atoms with van der Waals surface area (Å²) < 4.78 is 13.0. The SMILES string of the molecule is Cc1ccc2nc(C(=O)c3ccc(F)c(O)c3)ccc2c1. The van der Waals surface area contributed by atoms with Crippen molar-refractivity contribution in [1.29, 1.82) is 0 Å². The second-order valence-electron chi connectivity index (χ2n) is 4.89. The molecule has 21 heavy (non-hydrogen) atoms. The van der Waals surface area contributed by atoms with Crippen LogP contribution in [0.5, 0.6) is 5.75 Å². The van der Waals surface area contributed by atoms with Gasteiger partial charge in [-0.15, -0.1) is 0 Å². The molecule has 0 amide bonds. The molecule has 0 bridgehead atoms. The number of halogens is 1. The van der Waals surface area contributed by atoms with Crippen LogP contribution in [0.1, 0.15) is 21.6 Å². The Morgan fingerprint density at radius 3 is 2.67 bits per heavy atom. The fourth-order valence-corrected chi connectivity index (χ4v) is 2.17. The molecule has 1 N–H and O–H groups in total. The first-order valence-corrected chi connectivity index (χ1v) is 6.45. The molecule has 3 aromatic rings. The first-order chi connectivity index (χ1) is 10.0.